The normalized spacial score (nSPS) is 10.5. The number of carbonyl (C=O) groups is 2. The minimum Gasteiger partial charge on any atom is -0.352 e. The van der Waals surface area contributed by atoms with E-state index < -0.39 is 0 Å². The minimum atomic E-state index is -0.186. The van der Waals surface area contributed by atoms with Gasteiger partial charge in [-0.05, 0) is 29.8 Å². The smallest absolute Gasteiger partial charge is 0.251 e. The number of fused-ring (bicyclic) bond motifs is 1. The maximum Gasteiger partial charge on any atom is 0.251 e. The van der Waals surface area contributed by atoms with Crippen LogP contribution in [0.1, 0.15) is 28.7 Å². The average molecular weight is 323 g/mol. The van der Waals surface area contributed by atoms with Gasteiger partial charge in [0.2, 0.25) is 5.91 Å². The molecule has 2 heterocycles. The number of benzene rings is 1. The van der Waals surface area contributed by atoms with Crippen LogP contribution in [0.4, 0.5) is 0 Å². The summed E-state index contributed by atoms with van der Waals surface area (Å²) in [5, 5.41) is 13.7. The Kier molecular flexibility index (Phi) is 4.51. The summed E-state index contributed by atoms with van der Waals surface area (Å²) in [5.41, 5.74) is 2.23. The van der Waals surface area contributed by atoms with Gasteiger partial charge in [-0.25, -0.2) is 0 Å². The van der Waals surface area contributed by atoms with Crippen molar-refractivity contribution >= 4 is 17.5 Å². The first-order valence-corrected chi connectivity index (χ1v) is 7.54. The number of nitrogens with one attached hydrogen (secondary N) is 2. The monoisotopic (exact) mass is 323 g/mol. The number of aromatic nitrogens is 3. The van der Waals surface area contributed by atoms with E-state index in [9.17, 15) is 9.59 Å². The Morgan fingerprint density at radius 1 is 1.00 bits per heavy atom. The zero-order valence-electron chi connectivity index (χ0n) is 13.2. The molecule has 0 bridgehead atoms. The molecule has 0 radical (unpaired) electrons. The summed E-state index contributed by atoms with van der Waals surface area (Å²) in [5.74, 6) is 0.396. The van der Waals surface area contributed by atoms with Crippen LogP contribution < -0.4 is 10.6 Å². The maximum atomic E-state index is 12.2. The Morgan fingerprint density at radius 2 is 1.79 bits per heavy atom. The maximum absolute atomic E-state index is 12.2. The van der Waals surface area contributed by atoms with Crippen LogP contribution in [0.5, 0.6) is 0 Å². The number of carbonyl (C=O) groups excluding carboxylic acids is 2. The Labute approximate surface area is 138 Å². The molecule has 0 aliphatic rings. The van der Waals surface area contributed by atoms with Gasteiger partial charge in [0.1, 0.15) is 0 Å². The SMILES string of the molecule is CC(=O)NCc1ccc(C(=O)NCc2nnc3ccccn23)cc1. The molecule has 122 valence electrons. The van der Waals surface area contributed by atoms with E-state index in [0.29, 0.717) is 17.9 Å². The molecule has 2 amide bonds. The van der Waals surface area contributed by atoms with Gasteiger partial charge in [-0.3, -0.25) is 14.0 Å². The molecule has 3 aromatic rings. The van der Waals surface area contributed by atoms with Crippen LogP contribution in [0.2, 0.25) is 0 Å². The molecule has 0 unspecified atom stereocenters. The van der Waals surface area contributed by atoms with Crippen molar-refractivity contribution in [3.05, 3.63) is 65.6 Å². The third-order valence-electron chi connectivity index (χ3n) is 3.55. The van der Waals surface area contributed by atoms with Gasteiger partial charge in [0.15, 0.2) is 11.5 Å². The van der Waals surface area contributed by atoms with Crippen molar-refractivity contribution in [1.29, 1.82) is 0 Å². The van der Waals surface area contributed by atoms with Crippen LogP contribution in [-0.2, 0) is 17.9 Å². The fraction of sp³-hybridized carbons (Fsp3) is 0.176. The Morgan fingerprint density at radius 3 is 2.54 bits per heavy atom. The summed E-state index contributed by atoms with van der Waals surface area (Å²) < 4.78 is 1.83. The number of hydrogen-bond donors (Lipinski definition) is 2. The van der Waals surface area contributed by atoms with E-state index in [1.165, 1.54) is 6.92 Å². The topological polar surface area (TPSA) is 88.4 Å². The quantitative estimate of drug-likeness (QED) is 0.741. The van der Waals surface area contributed by atoms with Gasteiger partial charge in [-0.1, -0.05) is 18.2 Å². The lowest BCUT2D eigenvalue weighted by Crippen LogP contribution is -2.24. The molecule has 24 heavy (non-hydrogen) atoms. The van der Waals surface area contributed by atoms with Gasteiger partial charge in [-0.2, -0.15) is 0 Å². The molecular weight excluding hydrogens is 306 g/mol. The standard InChI is InChI=1S/C17H17N5O2/c1-12(23)18-10-13-5-7-14(8-6-13)17(24)19-11-16-21-20-15-4-2-3-9-22(15)16/h2-9H,10-11H2,1H3,(H,18,23)(H,19,24). The van der Waals surface area contributed by atoms with Crippen molar-refractivity contribution in [2.75, 3.05) is 0 Å². The van der Waals surface area contributed by atoms with Gasteiger partial charge >= 0.3 is 0 Å². The van der Waals surface area contributed by atoms with Gasteiger partial charge in [-0.15, -0.1) is 10.2 Å². The number of hydrogen-bond acceptors (Lipinski definition) is 4. The highest BCUT2D eigenvalue weighted by Gasteiger charge is 2.09. The third-order valence-corrected chi connectivity index (χ3v) is 3.55. The second-order valence-electron chi connectivity index (χ2n) is 5.33. The number of amides is 2. The van der Waals surface area contributed by atoms with Gasteiger partial charge < -0.3 is 10.6 Å². The van der Waals surface area contributed by atoms with Crippen LogP contribution in [0.15, 0.2) is 48.7 Å². The van der Waals surface area contributed by atoms with E-state index in [-0.39, 0.29) is 18.4 Å². The molecule has 0 atom stereocenters. The number of nitrogens with zero attached hydrogens (tertiary/aromatic N) is 3. The first-order valence-electron chi connectivity index (χ1n) is 7.54. The van der Waals surface area contributed by atoms with Crippen molar-refractivity contribution in [2.45, 2.75) is 20.0 Å². The molecule has 0 aliphatic heterocycles. The van der Waals surface area contributed by atoms with Gasteiger partial charge in [0.25, 0.3) is 5.91 Å². The molecule has 0 saturated carbocycles. The lowest BCUT2D eigenvalue weighted by Gasteiger charge is -2.06. The molecule has 7 heteroatoms. The van der Waals surface area contributed by atoms with Gasteiger partial charge in [0.05, 0.1) is 6.54 Å². The summed E-state index contributed by atoms with van der Waals surface area (Å²) in [7, 11) is 0. The zero-order chi connectivity index (χ0) is 16.9. The third kappa shape index (κ3) is 3.57. The van der Waals surface area contributed by atoms with Crippen LogP contribution >= 0.6 is 0 Å². The van der Waals surface area contributed by atoms with E-state index >= 15 is 0 Å². The Balaban J connectivity index is 1.61. The molecule has 2 N–H and O–H groups in total. The second kappa shape index (κ2) is 6.91. The van der Waals surface area contributed by atoms with Crippen molar-refractivity contribution in [3.63, 3.8) is 0 Å². The Hall–Kier alpha value is -3.22. The molecule has 0 saturated heterocycles. The van der Waals surface area contributed by atoms with E-state index in [2.05, 4.69) is 20.8 Å². The van der Waals surface area contributed by atoms with E-state index in [1.807, 2.05) is 40.9 Å². The molecule has 1 aromatic carbocycles. The van der Waals surface area contributed by atoms with Crippen molar-refractivity contribution in [1.82, 2.24) is 25.2 Å². The molecule has 0 spiro atoms. The summed E-state index contributed by atoms with van der Waals surface area (Å²) in [6.45, 7) is 2.20. The predicted octanol–water partition coefficient (Wildman–Crippen LogP) is 1.30. The molecule has 7 nitrogen and oxygen atoms in total. The largest absolute Gasteiger partial charge is 0.352 e. The summed E-state index contributed by atoms with van der Waals surface area (Å²) in [6.07, 6.45) is 1.85. The lowest BCUT2D eigenvalue weighted by atomic mass is 10.1. The van der Waals surface area contributed by atoms with Crippen LogP contribution in [0.25, 0.3) is 5.65 Å². The van der Waals surface area contributed by atoms with Crippen molar-refractivity contribution < 1.29 is 9.59 Å². The van der Waals surface area contributed by atoms with Crippen molar-refractivity contribution in [2.24, 2.45) is 0 Å². The molecule has 0 aliphatic carbocycles. The lowest BCUT2D eigenvalue weighted by molar-refractivity contribution is -0.119. The van der Waals surface area contributed by atoms with E-state index in [4.69, 9.17) is 0 Å². The van der Waals surface area contributed by atoms with E-state index in [1.54, 1.807) is 12.1 Å². The molecule has 2 aromatic heterocycles. The first-order chi connectivity index (χ1) is 11.6. The summed E-state index contributed by atoms with van der Waals surface area (Å²) in [6, 6.07) is 12.7. The Bertz CT molecular complexity index is 870. The molecule has 0 fully saturated rings. The van der Waals surface area contributed by atoms with E-state index in [0.717, 1.165) is 11.2 Å². The number of pyridine rings is 1. The average Bonchev–Trinajstić information content (AvgIpc) is 3.01. The zero-order valence-corrected chi connectivity index (χ0v) is 13.2. The summed E-state index contributed by atoms with van der Waals surface area (Å²) in [4.78, 5) is 23.1. The van der Waals surface area contributed by atoms with Crippen LogP contribution in [0.3, 0.4) is 0 Å². The molecule has 3 rings (SSSR count). The van der Waals surface area contributed by atoms with Crippen molar-refractivity contribution in [3.8, 4) is 0 Å². The second-order valence-corrected chi connectivity index (χ2v) is 5.33. The highest BCUT2D eigenvalue weighted by atomic mass is 16.2. The summed E-state index contributed by atoms with van der Waals surface area (Å²) >= 11 is 0. The minimum absolute atomic E-state index is 0.0858. The first kappa shape index (κ1) is 15.7. The number of rotatable bonds is 5. The van der Waals surface area contributed by atoms with Gasteiger partial charge in [0, 0.05) is 25.2 Å². The van der Waals surface area contributed by atoms with Crippen LogP contribution in [0, 0.1) is 0 Å². The van der Waals surface area contributed by atoms with Crippen LogP contribution in [-0.4, -0.2) is 26.4 Å². The molecular formula is C17H17N5O2. The highest BCUT2D eigenvalue weighted by Crippen LogP contribution is 2.06. The highest BCUT2D eigenvalue weighted by molar-refractivity contribution is 5.94. The fourth-order valence-electron chi connectivity index (χ4n) is 2.27. The fourth-order valence-corrected chi connectivity index (χ4v) is 2.27. The predicted molar refractivity (Wildman–Crippen MR) is 88.1 cm³/mol.